The number of nitrogens with one attached hydrogen (secondary N) is 1. The topological polar surface area (TPSA) is 60.5 Å². The predicted molar refractivity (Wildman–Crippen MR) is 93.6 cm³/mol. The van der Waals surface area contributed by atoms with Crippen LogP contribution in [0.4, 0.5) is 0 Å². The molecule has 0 spiro atoms. The molecule has 0 unspecified atom stereocenters. The summed E-state index contributed by atoms with van der Waals surface area (Å²) in [5.41, 5.74) is 2.53. The van der Waals surface area contributed by atoms with Crippen molar-refractivity contribution in [1.82, 2.24) is 9.69 Å². The van der Waals surface area contributed by atoms with Gasteiger partial charge in [-0.1, -0.05) is 12.1 Å². The van der Waals surface area contributed by atoms with Crippen molar-refractivity contribution >= 4 is 17.4 Å². The highest BCUT2D eigenvalue weighted by atomic mass is 32.1. The number of hydrogen-bond donors (Lipinski definition) is 1. The molecule has 6 heteroatoms. The molecule has 0 radical (unpaired) electrons. The molecule has 0 saturated carbocycles. The van der Waals surface area contributed by atoms with E-state index in [0.717, 1.165) is 43.1 Å². The quantitative estimate of drug-likeness (QED) is 0.902. The van der Waals surface area contributed by atoms with E-state index >= 15 is 0 Å². The van der Waals surface area contributed by atoms with Crippen LogP contribution in [0.15, 0.2) is 29.6 Å². The lowest BCUT2D eigenvalue weighted by Gasteiger charge is -2.31. The molecule has 1 saturated heterocycles. The van der Waals surface area contributed by atoms with Crippen LogP contribution in [0.2, 0.25) is 0 Å². The van der Waals surface area contributed by atoms with Crippen LogP contribution < -0.4 is 10.1 Å². The second-order valence-electron chi connectivity index (χ2n) is 5.99. The first-order valence-electron chi connectivity index (χ1n) is 8.12. The van der Waals surface area contributed by atoms with Crippen LogP contribution in [0.1, 0.15) is 40.5 Å². The van der Waals surface area contributed by atoms with Gasteiger partial charge in [0.05, 0.1) is 24.4 Å². The normalized spacial score (nSPS) is 16.6. The van der Waals surface area contributed by atoms with E-state index in [1.165, 1.54) is 11.5 Å². The third-order valence-electron chi connectivity index (χ3n) is 4.49. The van der Waals surface area contributed by atoms with Gasteiger partial charge >= 0.3 is 0 Å². The number of hydrogen-bond acceptors (Lipinski definition) is 5. The molecule has 1 aromatic heterocycles. The highest BCUT2D eigenvalue weighted by Gasteiger charge is 2.28. The summed E-state index contributed by atoms with van der Waals surface area (Å²) in [7, 11) is 1.65. The molecule has 1 aliphatic heterocycles. The van der Waals surface area contributed by atoms with Gasteiger partial charge in [0.1, 0.15) is 5.75 Å². The lowest BCUT2D eigenvalue weighted by molar-refractivity contribution is 0.0514. The van der Waals surface area contributed by atoms with E-state index in [9.17, 15) is 4.79 Å². The summed E-state index contributed by atoms with van der Waals surface area (Å²) in [6.45, 7) is 3.35. The number of methoxy groups -OCH3 is 1. The van der Waals surface area contributed by atoms with E-state index in [1.807, 2.05) is 31.2 Å². The van der Waals surface area contributed by atoms with Crippen molar-refractivity contribution in [3.8, 4) is 5.75 Å². The van der Waals surface area contributed by atoms with Crippen molar-refractivity contribution in [2.24, 2.45) is 5.92 Å². The van der Waals surface area contributed by atoms with Gasteiger partial charge in [-0.05, 0) is 54.9 Å². The molecule has 0 aliphatic carbocycles. The molecule has 1 amide bonds. The Bertz CT molecular complexity index is 678. The Morgan fingerprint density at radius 3 is 2.62 bits per heavy atom. The van der Waals surface area contributed by atoms with Gasteiger partial charge in [0.25, 0.3) is 5.91 Å². The third-order valence-corrected chi connectivity index (χ3v) is 5.21. The Morgan fingerprint density at radius 1 is 1.33 bits per heavy atom. The zero-order valence-corrected chi connectivity index (χ0v) is 14.8. The van der Waals surface area contributed by atoms with E-state index in [4.69, 9.17) is 9.47 Å². The van der Waals surface area contributed by atoms with Crippen LogP contribution in [-0.2, 0) is 4.74 Å². The molecule has 1 atom stereocenters. The average molecular weight is 346 g/mol. The average Bonchev–Trinajstić information content (AvgIpc) is 3.06. The van der Waals surface area contributed by atoms with Crippen LogP contribution in [0.3, 0.4) is 0 Å². The van der Waals surface area contributed by atoms with Gasteiger partial charge in [-0.2, -0.15) is 4.37 Å². The Labute approximate surface area is 146 Å². The number of ether oxygens (including phenoxy) is 2. The van der Waals surface area contributed by atoms with Crippen molar-refractivity contribution in [1.29, 1.82) is 0 Å². The number of amides is 1. The molecule has 24 heavy (non-hydrogen) atoms. The Hall–Kier alpha value is -1.92. The minimum absolute atomic E-state index is 0.0355. The lowest BCUT2D eigenvalue weighted by Crippen LogP contribution is -2.36. The molecular weight excluding hydrogens is 324 g/mol. The summed E-state index contributed by atoms with van der Waals surface area (Å²) in [4.78, 5) is 12.7. The first kappa shape index (κ1) is 16.9. The molecule has 3 rings (SSSR count). The minimum Gasteiger partial charge on any atom is -0.497 e. The third kappa shape index (κ3) is 3.76. The van der Waals surface area contributed by atoms with Gasteiger partial charge in [0, 0.05) is 18.6 Å². The van der Waals surface area contributed by atoms with E-state index in [-0.39, 0.29) is 11.9 Å². The smallest absolute Gasteiger partial charge is 0.254 e. The van der Waals surface area contributed by atoms with Crippen LogP contribution >= 0.6 is 11.5 Å². The first-order chi connectivity index (χ1) is 11.7. The molecule has 0 bridgehead atoms. The molecule has 1 fully saturated rings. The van der Waals surface area contributed by atoms with E-state index in [1.54, 1.807) is 12.5 Å². The number of nitrogens with zero attached hydrogens (tertiary/aromatic N) is 1. The summed E-state index contributed by atoms with van der Waals surface area (Å²) in [6.07, 6.45) is 1.88. The molecule has 1 aromatic carbocycles. The van der Waals surface area contributed by atoms with Gasteiger partial charge in [-0.15, -0.1) is 0 Å². The largest absolute Gasteiger partial charge is 0.497 e. The highest BCUT2D eigenvalue weighted by molar-refractivity contribution is 7.03. The molecule has 1 aliphatic rings. The second-order valence-corrected chi connectivity index (χ2v) is 6.62. The molecule has 128 valence electrons. The molecular formula is C18H22N2O3S. The molecule has 1 N–H and O–H groups in total. The zero-order valence-electron chi connectivity index (χ0n) is 14.0. The van der Waals surface area contributed by atoms with Crippen molar-refractivity contribution in [3.05, 3.63) is 46.5 Å². The first-order valence-corrected chi connectivity index (χ1v) is 8.96. The summed E-state index contributed by atoms with van der Waals surface area (Å²) >= 11 is 1.31. The number of aryl methyl sites for hydroxylation is 1. The molecule has 5 nitrogen and oxygen atoms in total. The maximum atomic E-state index is 12.7. The van der Waals surface area contributed by atoms with E-state index in [0.29, 0.717) is 11.5 Å². The Balaban J connectivity index is 1.83. The highest BCUT2D eigenvalue weighted by Crippen LogP contribution is 2.31. The monoisotopic (exact) mass is 346 g/mol. The summed E-state index contributed by atoms with van der Waals surface area (Å²) in [5.74, 6) is 1.12. The van der Waals surface area contributed by atoms with Crippen molar-refractivity contribution < 1.29 is 14.3 Å². The Morgan fingerprint density at radius 2 is 2.04 bits per heavy atom. The SMILES string of the molecule is COc1ccc([C@@H](NC(=O)c2csnc2C)C2CCOCC2)cc1. The number of carbonyl (C=O) groups is 1. The summed E-state index contributed by atoms with van der Waals surface area (Å²) in [5, 5.41) is 5.02. The molecule has 2 heterocycles. The van der Waals surface area contributed by atoms with Crippen molar-refractivity contribution in [2.75, 3.05) is 20.3 Å². The summed E-state index contributed by atoms with van der Waals surface area (Å²) in [6, 6.07) is 7.89. The van der Waals surface area contributed by atoms with Gasteiger partial charge in [0.15, 0.2) is 0 Å². The van der Waals surface area contributed by atoms with E-state index in [2.05, 4.69) is 9.69 Å². The summed E-state index contributed by atoms with van der Waals surface area (Å²) < 4.78 is 14.9. The van der Waals surface area contributed by atoms with Crippen LogP contribution in [-0.4, -0.2) is 30.6 Å². The van der Waals surface area contributed by atoms with Gasteiger partial charge in [0.2, 0.25) is 0 Å². The van der Waals surface area contributed by atoms with Crippen molar-refractivity contribution in [2.45, 2.75) is 25.8 Å². The Kier molecular flexibility index (Phi) is 5.48. The second kappa shape index (κ2) is 7.77. The standard InChI is InChI=1S/C18H22N2O3S/c1-12-16(11-24-20-12)18(21)19-17(14-7-9-23-10-8-14)13-3-5-15(22-2)6-4-13/h3-6,11,14,17H,7-10H2,1-2H3,(H,19,21)/t17-/m1/s1. The minimum atomic E-state index is -0.0615. The fraction of sp³-hybridized carbons (Fsp3) is 0.444. The molecule has 2 aromatic rings. The number of rotatable bonds is 5. The van der Waals surface area contributed by atoms with Crippen LogP contribution in [0.5, 0.6) is 5.75 Å². The number of benzene rings is 1. The van der Waals surface area contributed by atoms with Crippen molar-refractivity contribution in [3.63, 3.8) is 0 Å². The lowest BCUT2D eigenvalue weighted by atomic mass is 9.87. The number of carbonyl (C=O) groups excluding carboxylic acids is 1. The van der Waals surface area contributed by atoms with Gasteiger partial charge < -0.3 is 14.8 Å². The maximum Gasteiger partial charge on any atom is 0.254 e. The van der Waals surface area contributed by atoms with Gasteiger partial charge in [-0.25, -0.2) is 0 Å². The zero-order chi connectivity index (χ0) is 16.9. The fourth-order valence-electron chi connectivity index (χ4n) is 3.06. The fourth-order valence-corrected chi connectivity index (χ4v) is 3.76. The number of aromatic nitrogens is 1. The van der Waals surface area contributed by atoms with Crippen LogP contribution in [0.25, 0.3) is 0 Å². The van der Waals surface area contributed by atoms with Gasteiger partial charge in [-0.3, -0.25) is 4.79 Å². The predicted octanol–water partition coefficient (Wildman–Crippen LogP) is 3.36. The van der Waals surface area contributed by atoms with E-state index < -0.39 is 0 Å². The maximum absolute atomic E-state index is 12.7. The van der Waals surface area contributed by atoms with Crippen LogP contribution in [0, 0.1) is 12.8 Å².